The van der Waals surface area contributed by atoms with Crippen LogP contribution in [0.15, 0.2) is 84.9 Å². The maximum Gasteiger partial charge on any atom is 0.348 e. The molecule has 0 unspecified atom stereocenters. The summed E-state index contributed by atoms with van der Waals surface area (Å²) in [6.07, 6.45) is 2.89. The Morgan fingerprint density at radius 1 is 0.881 bits per heavy atom. The fourth-order valence-electron chi connectivity index (χ4n) is 5.36. The summed E-state index contributed by atoms with van der Waals surface area (Å²) in [6, 6.07) is 25.2. The van der Waals surface area contributed by atoms with Gasteiger partial charge in [0.15, 0.2) is 0 Å². The first kappa shape index (κ1) is 29.8. The molecule has 1 aromatic heterocycles. The Morgan fingerprint density at radius 3 is 2.19 bits per heavy atom. The molecule has 1 heterocycles. The lowest BCUT2D eigenvalue weighted by molar-refractivity contribution is -0.146. The Hall–Kier alpha value is -3.65. The second-order valence-corrected chi connectivity index (χ2v) is 12.2. The summed E-state index contributed by atoms with van der Waals surface area (Å²) in [5, 5.41) is 10.8. The van der Waals surface area contributed by atoms with E-state index < -0.39 is 5.97 Å². The molecule has 1 fully saturated rings. The average Bonchev–Trinajstić information content (AvgIpc) is 3.43. The molecular formula is C33H29Cl2NO5S. The number of esters is 1. The van der Waals surface area contributed by atoms with Gasteiger partial charge in [0, 0.05) is 22.4 Å². The molecule has 0 atom stereocenters. The van der Waals surface area contributed by atoms with Crippen molar-refractivity contribution in [3.63, 3.8) is 0 Å². The number of thiophene rings is 1. The number of amides is 1. The number of aromatic carboxylic acids is 1. The number of carboxylic acids is 1. The highest BCUT2D eigenvalue weighted by Crippen LogP contribution is 2.41. The monoisotopic (exact) mass is 621 g/mol. The van der Waals surface area contributed by atoms with Gasteiger partial charge in [-0.25, -0.2) is 4.79 Å². The maximum atomic E-state index is 14.1. The molecule has 1 N–H and O–H groups in total. The third-order valence-electron chi connectivity index (χ3n) is 7.48. The zero-order valence-corrected chi connectivity index (χ0v) is 25.0. The van der Waals surface area contributed by atoms with Crippen molar-refractivity contribution in [2.75, 3.05) is 4.90 Å². The Kier molecular flexibility index (Phi) is 9.62. The van der Waals surface area contributed by atoms with Crippen LogP contribution in [0.4, 0.5) is 5.69 Å². The van der Waals surface area contributed by atoms with Gasteiger partial charge in [0.25, 0.3) is 5.91 Å². The van der Waals surface area contributed by atoms with E-state index in [1.54, 1.807) is 23.1 Å². The number of carbonyl (C=O) groups is 3. The Labute approximate surface area is 258 Å². The van der Waals surface area contributed by atoms with Gasteiger partial charge in [0.1, 0.15) is 11.5 Å². The molecule has 0 radical (unpaired) electrons. The van der Waals surface area contributed by atoms with Gasteiger partial charge in [-0.3, -0.25) is 9.59 Å². The van der Waals surface area contributed by atoms with Gasteiger partial charge in [-0.2, -0.15) is 0 Å². The molecule has 9 heteroatoms. The molecular weight excluding hydrogens is 593 g/mol. The number of ether oxygens (including phenoxy) is 1. The van der Waals surface area contributed by atoms with Crippen LogP contribution in [0, 0.1) is 5.92 Å². The molecule has 5 rings (SSSR count). The van der Waals surface area contributed by atoms with Gasteiger partial charge in [0.05, 0.1) is 16.3 Å². The van der Waals surface area contributed by atoms with Crippen LogP contribution < -0.4 is 4.90 Å². The molecule has 42 heavy (non-hydrogen) atoms. The van der Waals surface area contributed by atoms with E-state index in [1.807, 2.05) is 60.7 Å². The van der Waals surface area contributed by atoms with Gasteiger partial charge < -0.3 is 14.7 Å². The summed E-state index contributed by atoms with van der Waals surface area (Å²) in [5.41, 5.74) is 2.39. The number of nitrogens with zero attached hydrogens (tertiary/aromatic N) is 1. The standard InChI is InChI=1S/C33H29Cl2NO5S/c34-24-13-16-26(27(35)18-24)32(38)36(28-19-29(42-31(28)33(39)40)23-9-5-2-6-10-23)25-14-11-21(12-15-25)17-30(37)41-20-22-7-3-1-4-8-22/h1-10,13,16,18-19,21,25H,11-12,14-15,17,20H2,(H,39,40). The zero-order valence-electron chi connectivity index (χ0n) is 22.7. The third kappa shape index (κ3) is 7.04. The lowest BCUT2D eigenvalue weighted by atomic mass is 9.83. The molecule has 1 aliphatic rings. The predicted octanol–water partition coefficient (Wildman–Crippen LogP) is 8.76. The van der Waals surface area contributed by atoms with Crippen LogP contribution in [0.2, 0.25) is 10.0 Å². The van der Waals surface area contributed by atoms with Crippen molar-refractivity contribution in [3.05, 3.63) is 111 Å². The smallest absolute Gasteiger partial charge is 0.348 e. The molecule has 0 spiro atoms. The molecule has 0 aliphatic heterocycles. The summed E-state index contributed by atoms with van der Waals surface area (Å²) < 4.78 is 5.49. The Balaban J connectivity index is 1.38. The number of hydrogen-bond donors (Lipinski definition) is 1. The van der Waals surface area contributed by atoms with E-state index in [9.17, 15) is 19.5 Å². The van der Waals surface area contributed by atoms with Crippen molar-refractivity contribution >= 4 is 58.1 Å². The van der Waals surface area contributed by atoms with Crippen molar-refractivity contribution in [1.29, 1.82) is 0 Å². The predicted molar refractivity (Wildman–Crippen MR) is 167 cm³/mol. The van der Waals surface area contributed by atoms with E-state index in [4.69, 9.17) is 27.9 Å². The molecule has 0 bridgehead atoms. The maximum absolute atomic E-state index is 14.1. The first-order chi connectivity index (χ1) is 20.3. The summed E-state index contributed by atoms with van der Waals surface area (Å²) in [6.45, 7) is 0.235. The third-order valence-corrected chi connectivity index (χ3v) is 9.19. The van der Waals surface area contributed by atoms with Crippen LogP contribution in [-0.2, 0) is 16.1 Å². The van der Waals surface area contributed by atoms with Crippen LogP contribution in [0.5, 0.6) is 0 Å². The highest BCUT2D eigenvalue weighted by Gasteiger charge is 2.35. The van der Waals surface area contributed by atoms with Gasteiger partial charge in [-0.05, 0) is 67.0 Å². The lowest BCUT2D eigenvalue weighted by Gasteiger charge is -2.37. The van der Waals surface area contributed by atoms with Crippen molar-refractivity contribution in [2.24, 2.45) is 5.92 Å². The van der Waals surface area contributed by atoms with E-state index in [-0.39, 0.29) is 45.9 Å². The van der Waals surface area contributed by atoms with E-state index in [0.29, 0.717) is 42.8 Å². The SMILES string of the molecule is O=C(CC1CCC(N(C(=O)c2ccc(Cl)cc2Cl)c2cc(-c3ccccc3)sc2C(=O)O)CC1)OCc1ccccc1. The number of carbonyl (C=O) groups excluding carboxylic acids is 2. The second-order valence-electron chi connectivity index (χ2n) is 10.3. The van der Waals surface area contributed by atoms with Crippen LogP contribution in [0.25, 0.3) is 10.4 Å². The molecule has 6 nitrogen and oxygen atoms in total. The van der Waals surface area contributed by atoms with E-state index in [0.717, 1.165) is 27.3 Å². The minimum Gasteiger partial charge on any atom is -0.477 e. The number of anilines is 1. The highest BCUT2D eigenvalue weighted by molar-refractivity contribution is 7.18. The summed E-state index contributed by atoms with van der Waals surface area (Å²) >= 11 is 13.7. The first-order valence-corrected chi connectivity index (χ1v) is 15.3. The van der Waals surface area contributed by atoms with Gasteiger partial charge in [-0.1, -0.05) is 83.9 Å². The van der Waals surface area contributed by atoms with Crippen molar-refractivity contribution in [1.82, 2.24) is 0 Å². The van der Waals surface area contributed by atoms with Gasteiger partial charge >= 0.3 is 11.9 Å². The van der Waals surface area contributed by atoms with Crippen molar-refractivity contribution < 1.29 is 24.2 Å². The minimum absolute atomic E-state index is 0.0823. The lowest BCUT2D eigenvalue weighted by Crippen LogP contribution is -2.43. The summed E-state index contributed by atoms with van der Waals surface area (Å²) in [5.74, 6) is -1.63. The fourth-order valence-corrected chi connectivity index (χ4v) is 6.85. The minimum atomic E-state index is -1.10. The largest absolute Gasteiger partial charge is 0.477 e. The van der Waals surface area contributed by atoms with E-state index in [2.05, 4.69) is 0 Å². The van der Waals surface area contributed by atoms with Crippen LogP contribution in [0.3, 0.4) is 0 Å². The Morgan fingerprint density at radius 2 is 1.55 bits per heavy atom. The number of benzene rings is 3. The van der Waals surface area contributed by atoms with Crippen LogP contribution >= 0.6 is 34.5 Å². The molecule has 3 aromatic carbocycles. The quantitative estimate of drug-likeness (QED) is 0.189. The fraction of sp³-hybridized carbons (Fsp3) is 0.242. The average molecular weight is 623 g/mol. The van der Waals surface area contributed by atoms with Gasteiger partial charge in [0.2, 0.25) is 0 Å². The second kappa shape index (κ2) is 13.6. The van der Waals surface area contributed by atoms with E-state index >= 15 is 0 Å². The molecule has 0 saturated heterocycles. The number of hydrogen-bond acceptors (Lipinski definition) is 5. The topological polar surface area (TPSA) is 83.9 Å². The molecule has 4 aromatic rings. The zero-order chi connectivity index (χ0) is 29.6. The van der Waals surface area contributed by atoms with Crippen LogP contribution in [-0.4, -0.2) is 29.0 Å². The summed E-state index contributed by atoms with van der Waals surface area (Å²) in [7, 11) is 0. The van der Waals surface area contributed by atoms with Crippen molar-refractivity contribution in [3.8, 4) is 10.4 Å². The number of carboxylic acid groups (broad SMARTS) is 1. The number of rotatable bonds is 9. The summed E-state index contributed by atoms with van der Waals surface area (Å²) in [4.78, 5) is 41.5. The number of halogens is 2. The van der Waals surface area contributed by atoms with Crippen LogP contribution in [0.1, 0.15) is 57.7 Å². The first-order valence-electron chi connectivity index (χ1n) is 13.7. The highest BCUT2D eigenvalue weighted by atomic mass is 35.5. The normalized spacial score (nSPS) is 16.5. The van der Waals surface area contributed by atoms with Gasteiger partial charge in [-0.15, -0.1) is 11.3 Å². The molecule has 216 valence electrons. The molecule has 1 amide bonds. The molecule has 1 aliphatic carbocycles. The molecule has 1 saturated carbocycles. The Bertz CT molecular complexity index is 1570. The van der Waals surface area contributed by atoms with E-state index in [1.165, 1.54) is 6.07 Å². The van der Waals surface area contributed by atoms with Crippen molar-refractivity contribution in [2.45, 2.75) is 44.8 Å².